The maximum absolute atomic E-state index is 6.19. The third-order valence-corrected chi connectivity index (χ3v) is 6.93. The van der Waals surface area contributed by atoms with Crippen LogP contribution in [0.25, 0.3) is 11.0 Å². The van der Waals surface area contributed by atoms with Crippen molar-refractivity contribution in [2.45, 2.75) is 71.6 Å². The van der Waals surface area contributed by atoms with Crippen LogP contribution in [0.3, 0.4) is 0 Å². The average Bonchev–Trinajstić information content (AvgIpc) is 3.08. The van der Waals surface area contributed by atoms with Crippen LogP contribution in [-0.2, 0) is 4.65 Å². The van der Waals surface area contributed by atoms with Crippen LogP contribution in [0.15, 0.2) is 30.5 Å². The highest BCUT2D eigenvalue weighted by Crippen LogP contribution is 2.46. The molecule has 3 heterocycles. The van der Waals surface area contributed by atoms with E-state index in [9.17, 15) is 0 Å². The Morgan fingerprint density at radius 1 is 1.22 bits per heavy atom. The van der Waals surface area contributed by atoms with E-state index in [1.54, 1.807) is 0 Å². The van der Waals surface area contributed by atoms with E-state index >= 15 is 0 Å². The number of aromatic nitrogens is 2. The van der Waals surface area contributed by atoms with Gasteiger partial charge in [0, 0.05) is 18.8 Å². The van der Waals surface area contributed by atoms with Crippen LogP contribution in [0.2, 0.25) is 0 Å². The Hall–Kier alpha value is -1.75. The molecule has 5 heteroatoms. The maximum Gasteiger partial charge on any atom is 0.330 e. The molecule has 1 radical (unpaired) electrons. The zero-order valence-electron chi connectivity index (χ0n) is 17.5. The molecule has 4 nitrogen and oxygen atoms in total. The topological polar surface area (TPSA) is 30.3 Å². The van der Waals surface area contributed by atoms with Gasteiger partial charge in [-0.25, -0.2) is 4.98 Å². The molecule has 1 fully saturated rings. The van der Waals surface area contributed by atoms with Gasteiger partial charge in [0.25, 0.3) is 0 Å². The fourth-order valence-electron chi connectivity index (χ4n) is 3.99. The summed E-state index contributed by atoms with van der Waals surface area (Å²) in [5.41, 5.74) is 4.46. The second kappa shape index (κ2) is 6.13. The van der Waals surface area contributed by atoms with Crippen molar-refractivity contribution in [2.24, 2.45) is 5.41 Å². The zero-order valence-corrected chi connectivity index (χ0v) is 17.5. The number of likely N-dealkylation sites (tertiary alicyclic amines) is 1. The molecule has 2 atom stereocenters. The molecule has 0 spiro atoms. The molecule has 27 heavy (non-hydrogen) atoms. The summed E-state index contributed by atoms with van der Waals surface area (Å²) in [7, 11) is 4.07. The summed E-state index contributed by atoms with van der Waals surface area (Å²) in [6.45, 7) is 15.2. The first-order valence-electron chi connectivity index (χ1n) is 10.0. The Labute approximate surface area is 163 Å². The monoisotopic (exact) mass is 364 g/mol. The fourth-order valence-corrected chi connectivity index (χ4v) is 3.99. The number of nitrogens with zero attached hydrogens (tertiary/aromatic N) is 3. The Bertz CT molecular complexity index is 893. The van der Waals surface area contributed by atoms with Crippen LogP contribution in [0.4, 0.5) is 0 Å². The van der Waals surface area contributed by atoms with Gasteiger partial charge in [0.15, 0.2) is 0 Å². The van der Waals surface area contributed by atoms with Gasteiger partial charge >= 0.3 is 7.48 Å². The molecule has 0 N–H and O–H groups in total. The quantitative estimate of drug-likeness (QED) is 0.759. The van der Waals surface area contributed by atoms with Gasteiger partial charge in [0.05, 0.1) is 22.7 Å². The molecule has 2 aliphatic rings. The number of hydrogen-bond donors (Lipinski definition) is 0. The minimum absolute atomic E-state index is 0.0633. The molecule has 2 bridgehead atoms. The number of fused-ring (bicyclic) bond motifs is 7. The Balaban J connectivity index is 1.66. The lowest BCUT2D eigenvalue weighted by atomic mass is 9.76. The second-order valence-electron chi connectivity index (χ2n) is 9.71. The maximum atomic E-state index is 6.19. The minimum atomic E-state index is -0.237. The highest BCUT2D eigenvalue weighted by Gasteiger charge is 2.39. The van der Waals surface area contributed by atoms with Crippen LogP contribution < -0.4 is 5.46 Å². The van der Waals surface area contributed by atoms with E-state index in [4.69, 9.17) is 9.64 Å². The lowest BCUT2D eigenvalue weighted by Crippen LogP contribution is -2.42. The largest absolute Gasteiger partial charge is 0.429 e. The van der Waals surface area contributed by atoms with Crippen molar-refractivity contribution in [3.8, 4) is 0 Å². The smallest absolute Gasteiger partial charge is 0.330 e. The van der Waals surface area contributed by atoms with Crippen molar-refractivity contribution in [3.63, 3.8) is 0 Å². The molecule has 4 rings (SSSR count). The summed E-state index contributed by atoms with van der Waals surface area (Å²) in [6.07, 6.45) is 3.33. The Morgan fingerprint density at radius 2 is 1.96 bits per heavy atom. The zero-order chi connectivity index (χ0) is 19.6. The third-order valence-electron chi connectivity index (χ3n) is 6.93. The highest BCUT2D eigenvalue weighted by molar-refractivity contribution is 6.47. The van der Waals surface area contributed by atoms with Gasteiger partial charge in [-0.05, 0) is 50.7 Å². The molecule has 0 unspecified atom stereocenters. The standard InChI is InChI=1S/C22H31BN3O/c1-14-8-10-16-13-19(25(14)7)20-24-17-11-9-15(12-18(17)26(16)20)23-27-22(5,6)21(2,3)4/h9,11-12,16,19H,1,8,10,13H2,2-7H3/t16-,19+/m0/s1. The first-order chi connectivity index (χ1) is 12.6. The minimum Gasteiger partial charge on any atom is -0.429 e. The van der Waals surface area contributed by atoms with E-state index in [-0.39, 0.29) is 11.0 Å². The number of imidazole rings is 1. The van der Waals surface area contributed by atoms with Gasteiger partial charge in [0.2, 0.25) is 0 Å². The summed E-state index contributed by atoms with van der Waals surface area (Å²) >= 11 is 0. The van der Waals surface area contributed by atoms with E-state index in [0.29, 0.717) is 12.1 Å². The first-order valence-corrected chi connectivity index (χ1v) is 10.0. The van der Waals surface area contributed by atoms with Gasteiger partial charge in [-0.2, -0.15) is 0 Å². The normalized spacial score (nSPS) is 22.9. The SMILES string of the molecule is C=C1CC[C@H]2C[C@H](c3nc4ccc([B]OC(C)(C)C(C)(C)C)cc4n32)N1C. The van der Waals surface area contributed by atoms with Crippen molar-refractivity contribution in [1.82, 2.24) is 14.5 Å². The number of allylic oxidation sites excluding steroid dienone is 1. The van der Waals surface area contributed by atoms with Crippen molar-refractivity contribution in [3.05, 3.63) is 36.3 Å². The molecule has 1 aromatic carbocycles. The van der Waals surface area contributed by atoms with Gasteiger partial charge in [-0.1, -0.05) is 38.9 Å². The van der Waals surface area contributed by atoms with Crippen molar-refractivity contribution >= 4 is 24.0 Å². The van der Waals surface area contributed by atoms with Gasteiger partial charge in [-0.3, -0.25) is 0 Å². The summed E-state index contributed by atoms with van der Waals surface area (Å²) in [4.78, 5) is 7.30. The lowest BCUT2D eigenvalue weighted by Gasteiger charge is -2.39. The second-order valence-corrected chi connectivity index (χ2v) is 9.71. The first kappa shape index (κ1) is 18.6. The van der Waals surface area contributed by atoms with Crippen LogP contribution in [-0.4, -0.2) is 34.6 Å². The Morgan fingerprint density at radius 3 is 2.67 bits per heavy atom. The molecule has 143 valence electrons. The van der Waals surface area contributed by atoms with E-state index in [2.05, 4.69) is 75.9 Å². The molecular weight excluding hydrogens is 333 g/mol. The number of rotatable bonds is 3. The number of hydrogen-bond acceptors (Lipinski definition) is 3. The predicted molar refractivity (Wildman–Crippen MR) is 112 cm³/mol. The van der Waals surface area contributed by atoms with Gasteiger partial charge in [-0.15, -0.1) is 0 Å². The van der Waals surface area contributed by atoms with Crippen LogP contribution in [0, 0.1) is 5.41 Å². The van der Waals surface area contributed by atoms with E-state index in [0.717, 1.165) is 30.2 Å². The number of benzene rings is 1. The molecule has 0 amide bonds. The summed E-state index contributed by atoms with van der Waals surface area (Å²) in [5, 5.41) is 0. The van der Waals surface area contributed by atoms with Gasteiger partial charge in [0.1, 0.15) is 5.82 Å². The third kappa shape index (κ3) is 3.00. The van der Waals surface area contributed by atoms with Crippen molar-refractivity contribution < 1.29 is 4.65 Å². The highest BCUT2D eigenvalue weighted by atomic mass is 16.5. The molecule has 0 aliphatic carbocycles. The summed E-state index contributed by atoms with van der Waals surface area (Å²) in [6, 6.07) is 7.33. The summed E-state index contributed by atoms with van der Waals surface area (Å²) < 4.78 is 8.66. The van der Waals surface area contributed by atoms with Crippen LogP contribution >= 0.6 is 0 Å². The fraction of sp³-hybridized carbons (Fsp3) is 0.591. The van der Waals surface area contributed by atoms with Gasteiger partial charge < -0.3 is 14.1 Å². The van der Waals surface area contributed by atoms with Crippen LogP contribution in [0.1, 0.15) is 71.8 Å². The van der Waals surface area contributed by atoms with Crippen molar-refractivity contribution in [2.75, 3.05) is 7.05 Å². The average molecular weight is 364 g/mol. The summed E-state index contributed by atoms with van der Waals surface area (Å²) in [5.74, 6) is 1.19. The molecule has 2 aliphatic heterocycles. The van der Waals surface area contributed by atoms with E-state index in [1.807, 2.05) is 7.48 Å². The molecule has 1 aromatic heterocycles. The van der Waals surface area contributed by atoms with Crippen LogP contribution in [0.5, 0.6) is 0 Å². The Kier molecular flexibility index (Phi) is 4.23. The predicted octanol–water partition coefficient (Wildman–Crippen LogP) is 4.35. The van der Waals surface area contributed by atoms with E-state index < -0.39 is 0 Å². The molecular formula is C22H31BN3O. The van der Waals surface area contributed by atoms with Crippen molar-refractivity contribution in [1.29, 1.82) is 0 Å². The molecule has 1 saturated heterocycles. The molecule has 2 aromatic rings. The van der Waals surface area contributed by atoms with E-state index in [1.165, 1.54) is 17.0 Å². The lowest BCUT2D eigenvalue weighted by molar-refractivity contribution is 0.00504. The molecule has 0 saturated carbocycles.